The number of ether oxygens (including phenoxy) is 1. The van der Waals surface area contributed by atoms with Gasteiger partial charge in [-0.05, 0) is 24.0 Å². The van der Waals surface area contributed by atoms with Crippen molar-refractivity contribution in [3.05, 3.63) is 29.1 Å². The van der Waals surface area contributed by atoms with E-state index < -0.39 is 35.4 Å². The Morgan fingerprint density at radius 3 is 2.48 bits per heavy atom. The minimum absolute atomic E-state index is 0.123. The van der Waals surface area contributed by atoms with Crippen LogP contribution in [0, 0.1) is 5.82 Å². The SMILES string of the molecule is CCCC(C)(CC(O)(C(=O)O)C(F)(F)F)c1cc(F)cc2c1OCC2. The van der Waals surface area contributed by atoms with Crippen LogP contribution in [-0.2, 0) is 16.6 Å². The molecule has 0 bridgehead atoms. The van der Waals surface area contributed by atoms with E-state index in [2.05, 4.69) is 0 Å². The minimum atomic E-state index is -5.37. The Hall–Kier alpha value is -1.83. The second kappa shape index (κ2) is 6.48. The van der Waals surface area contributed by atoms with Gasteiger partial charge in [0, 0.05) is 24.0 Å². The van der Waals surface area contributed by atoms with Gasteiger partial charge in [0.1, 0.15) is 11.6 Å². The summed E-state index contributed by atoms with van der Waals surface area (Å²) < 4.78 is 59.2. The molecule has 2 rings (SSSR count). The molecular formula is C17H20F4O4. The van der Waals surface area contributed by atoms with Gasteiger partial charge in [0.05, 0.1) is 6.61 Å². The van der Waals surface area contributed by atoms with Crippen LogP contribution in [0.3, 0.4) is 0 Å². The second-order valence-electron chi connectivity index (χ2n) is 6.69. The predicted octanol–water partition coefficient (Wildman–Crippen LogP) is 3.59. The number of aliphatic hydroxyl groups is 1. The first-order valence-electron chi connectivity index (χ1n) is 7.93. The molecular weight excluding hydrogens is 344 g/mol. The van der Waals surface area contributed by atoms with Gasteiger partial charge >= 0.3 is 12.1 Å². The van der Waals surface area contributed by atoms with Crippen molar-refractivity contribution in [2.75, 3.05) is 6.61 Å². The highest BCUT2D eigenvalue weighted by molar-refractivity contribution is 5.78. The minimum Gasteiger partial charge on any atom is -0.493 e. The number of halogens is 4. The van der Waals surface area contributed by atoms with Crippen molar-refractivity contribution in [3.63, 3.8) is 0 Å². The fourth-order valence-corrected chi connectivity index (χ4v) is 3.45. The largest absolute Gasteiger partial charge is 0.493 e. The molecule has 0 fully saturated rings. The molecule has 25 heavy (non-hydrogen) atoms. The fraction of sp³-hybridized carbons (Fsp3) is 0.588. The van der Waals surface area contributed by atoms with Crippen LogP contribution in [0.25, 0.3) is 0 Å². The molecule has 2 unspecified atom stereocenters. The Morgan fingerprint density at radius 2 is 1.96 bits per heavy atom. The van der Waals surface area contributed by atoms with E-state index in [-0.39, 0.29) is 24.3 Å². The molecule has 0 saturated heterocycles. The number of carboxylic acid groups (broad SMARTS) is 1. The molecule has 0 aliphatic carbocycles. The number of carboxylic acids is 1. The molecule has 0 saturated carbocycles. The van der Waals surface area contributed by atoms with Crippen molar-refractivity contribution in [1.82, 2.24) is 0 Å². The lowest BCUT2D eigenvalue weighted by Gasteiger charge is -2.38. The van der Waals surface area contributed by atoms with E-state index in [1.165, 1.54) is 13.0 Å². The van der Waals surface area contributed by atoms with Gasteiger partial charge < -0.3 is 14.9 Å². The quantitative estimate of drug-likeness (QED) is 0.757. The second-order valence-corrected chi connectivity index (χ2v) is 6.69. The van der Waals surface area contributed by atoms with Crippen LogP contribution in [0.4, 0.5) is 17.6 Å². The Labute approximate surface area is 142 Å². The molecule has 140 valence electrons. The van der Waals surface area contributed by atoms with Gasteiger partial charge in [-0.3, -0.25) is 0 Å². The number of rotatable bonds is 6. The number of hydrogen-bond donors (Lipinski definition) is 2. The maximum atomic E-state index is 14.0. The van der Waals surface area contributed by atoms with Crippen LogP contribution in [0.15, 0.2) is 12.1 Å². The van der Waals surface area contributed by atoms with Crippen LogP contribution in [-0.4, -0.2) is 34.6 Å². The average Bonchev–Trinajstić information content (AvgIpc) is 2.92. The lowest BCUT2D eigenvalue weighted by molar-refractivity contribution is -0.266. The summed E-state index contributed by atoms with van der Waals surface area (Å²) in [5.41, 5.74) is -4.68. The summed E-state index contributed by atoms with van der Waals surface area (Å²) in [5.74, 6) is -2.73. The Balaban J connectivity index is 2.59. The first-order valence-corrected chi connectivity index (χ1v) is 7.93. The maximum absolute atomic E-state index is 14.0. The molecule has 0 spiro atoms. The Bertz CT molecular complexity index is 673. The average molecular weight is 364 g/mol. The summed E-state index contributed by atoms with van der Waals surface area (Å²) in [6.07, 6.45) is -5.55. The van der Waals surface area contributed by atoms with Gasteiger partial charge in [-0.2, -0.15) is 13.2 Å². The van der Waals surface area contributed by atoms with Gasteiger partial charge in [-0.25, -0.2) is 9.18 Å². The molecule has 8 heteroatoms. The third kappa shape index (κ3) is 3.44. The smallest absolute Gasteiger partial charge is 0.428 e. The summed E-state index contributed by atoms with van der Waals surface area (Å²) in [6.45, 7) is 3.38. The molecule has 0 radical (unpaired) electrons. The Morgan fingerprint density at radius 1 is 1.32 bits per heavy atom. The number of alkyl halides is 3. The monoisotopic (exact) mass is 364 g/mol. The zero-order valence-electron chi connectivity index (χ0n) is 13.9. The molecule has 0 aromatic heterocycles. The van der Waals surface area contributed by atoms with Gasteiger partial charge in [0.15, 0.2) is 0 Å². The van der Waals surface area contributed by atoms with Gasteiger partial charge in [0.25, 0.3) is 5.60 Å². The third-order valence-electron chi connectivity index (χ3n) is 4.67. The zero-order chi connectivity index (χ0) is 19.0. The highest BCUT2D eigenvalue weighted by Gasteiger charge is 2.62. The van der Waals surface area contributed by atoms with Gasteiger partial charge in [-0.1, -0.05) is 20.3 Å². The van der Waals surface area contributed by atoms with Crippen molar-refractivity contribution >= 4 is 5.97 Å². The predicted molar refractivity (Wildman–Crippen MR) is 81.1 cm³/mol. The molecule has 1 heterocycles. The summed E-state index contributed by atoms with van der Waals surface area (Å²) in [6, 6.07) is 2.32. The fourth-order valence-electron chi connectivity index (χ4n) is 3.45. The van der Waals surface area contributed by atoms with Crippen LogP contribution in [0.1, 0.15) is 44.2 Å². The van der Waals surface area contributed by atoms with E-state index in [9.17, 15) is 27.5 Å². The van der Waals surface area contributed by atoms with Crippen LogP contribution < -0.4 is 4.74 Å². The first-order chi connectivity index (χ1) is 11.4. The molecule has 1 aromatic rings. The summed E-state index contributed by atoms with van der Waals surface area (Å²) >= 11 is 0. The van der Waals surface area contributed by atoms with Gasteiger partial charge in [0.2, 0.25) is 0 Å². The van der Waals surface area contributed by atoms with Crippen molar-refractivity contribution in [1.29, 1.82) is 0 Å². The van der Waals surface area contributed by atoms with E-state index in [1.807, 2.05) is 0 Å². The number of carbonyl (C=O) groups is 1. The molecule has 2 N–H and O–H groups in total. The van der Waals surface area contributed by atoms with Crippen LogP contribution in [0.2, 0.25) is 0 Å². The first kappa shape index (κ1) is 19.5. The normalized spacial score (nSPS) is 18.8. The maximum Gasteiger partial charge on any atom is 0.428 e. The number of hydrogen-bond acceptors (Lipinski definition) is 3. The molecule has 4 nitrogen and oxygen atoms in total. The number of aliphatic carboxylic acids is 1. The lowest BCUT2D eigenvalue weighted by atomic mass is 9.70. The van der Waals surface area contributed by atoms with E-state index in [1.54, 1.807) is 6.92 Å². The number of fused-ring (bicyclic) bond motifs is 1. The molecule has 1 aliphatic rings. The van der Waals surface area contributed by atoms with E-state index in [0.717, 1.165) is 6.07 Å². The molecule has 0 amide bonds. The summed E-state index contributed by atoms with van der Waals surface area (Å²) in [5, 5.41) is 18.9. The lowest BCUT2D eigenvalue weighted by Crippen LogP contribution is -2.55. The molecule has 1 aliphatic heterocycles. The Kier molecular flexibility index (Phi) is 5.05. The summed E-state index contributed by atoms with van der Waals surface area (Å²) in [7, 11) is 0. The van der Waals surface area contributed by atoms with Crippen molar-refractivity contribution in [3.8, 4) is 5.75 Å². The highest BCUT2D eigenvalue weighted by atomic mass is 19.4. The van der Waals surface area contributed by atoms with E-state index in [0.29, 0.717) is 18.4 Å². The summed E-state index contributed by atoms with van der Waals surface area (Å²) in [4.78, 5) is 11.2. The topological polar surface area (TPSA) is 66.8 Å². The number of benzene rings is 1. The zero-order valence-corrected chi connectivity index (χ0v) is 13.9. The van der Waals surface area contributed by atoms with Crippen molar-refractivity contribution in [2.24, 2.45) is 0 Å². The molecule has 2 atom stereocenters. The van der Waals surface area contributed by atoms with Crippen LogP contribution >= 0.6 is 0 Å². The van der Waals surface area contributed by atoms with Gasteiger partial charge in [-0.15, -0.1) is 0 Å². The van der Waals surface area contributed by atoms with Crippen molar-refractivity contribution < 1.29 is 37.3 Å². The van der Waals surface area contributed by atoms with E-state index in [4.69, 9.17) is 9.84 Å². The van der Waals surface area contributed by atoms with Crippen molar-refractivity contribution in [2.45, 2.75) is 56.7 Å². The third-order valence-corrected chi connectivity index (χ3v) is 4.67. The molecule has 1 aromatic carbocycles. The van der Waals surface area contributed by atoms with Crippen LogP contribution in [0.5, 0.6) is 5.75 Å². The highest BCUT2D eigenvalue weighted by Crippen LogP contribution is 2.48. The van der Waals surface area contributed by atoms with E-state index >= 15 is 0 Å². The standard InChI is InChI=1S/C17H20F4O4/c1-3-5-15(2,9-16(24,14(22)23)17(19,20)21)12-8-11(18)7-10-4-6-25-13(10)12/h7-8,24H,3-6,9H2,1-2H3,(H,22,23).